The van der Waals surface area contributed by atoms with Crippen LogP contribution in [-0.4, -0.2) is 17.9 Å². The second-order valence-electron chi connectivity index (χ2n) is 5.08. The predicted octanol–water partition coefficient (Wildman–Crippen LogP) is 4.09. The molecule has 0 saturated carbocycles. The number of hydrogen-bond donors (Lipinski definition) is 0. The molecule has 0 unspecified atom stereocenters. The van der Waals surface area contributed by atoms with E-state index in [0.29, 0.717) is 10.6 Å². The van der Waals surface area contributed by atoms with Crippen LogP contribution in [0.25, 0.3) is 0 Å². The van der Waals surface area contributed by atoms with Crippen LogP contribution in [0, 0.1) is 20.8 Å². The molecule has 2 rings (SSSR count). The van der Waals surface area contributed by atoms with E-state index in [1.165, 1.54) is 0 Å². The van der Waals surface area contributed by atoms with Gasteiger partial charge in [-0.25, -0.2) is 0 Å². The Morgan fingerprint density at radius 1 is 1.24 bits per heavy atom. The van der Waals surface area contributed by atoms with E-state index < -0.39 is 0 Å². The molecular formula is C17H18ClNO2. The van der Waals surface area contributed by atoms with Gasteiger partial charge in [0.05, 0.1) is 24.2 Å². The molecule has 0 aliphatic heterocycles. The van der Waals surface area contributed by atoms with Crippen molar-refractivity contribution < 1.29 is 9.53 Å². The first-order valence-electron chi connectivity index (χ1n) is 6.73. The van der Waals surface area contributed by atoms with Gasteiger partial charge in [-0.1, -0.05) is 23.7 Å². The van der Waals surface area contributed by atoms with Crippen LogP contribution in [0.15, 0.2) is 24.4 Å². The number of ketones is 1. The first-order valence-corrected chi connectivity index (χ1v) is 7.11. The lowest BCUT2D eigenvalue weighted by Gasteiger charge is -2.12. The van der Waals surface area contributed by atoms with Crippen LogP contribution >= 0.6 is 11.6 Å². The molecular weight excluding hydrogens is 286 g/mol. The zero-order valence-corrected chi connectivity index (χ0v) is 13.4. The minimum Gasteiger partial charge on any atom is -0.496 e. The van der Waals surface area contributed by atoms with Gasteiger partial charge in [-0.2, -0.15) is 0 Å². The molecule has 0 radical (unpaired) electrons. The molecule has 1 aromatic carbocycles. The van der Waals surface area contributed by atoms with E-state index >= 15 is 0 Å². The van der Waals surface area contributed by atoms with E-state index in [4.69, 9.17) is 16.3 Å². The summed E-state index contributed by atoms with van der Waals surface area (Å²) < 4.78 is 5.37. The smallest absolute Gasteiger partial charge is 0.170 e. The molecule has 0 bridgehead atoms. The zero-order chi connectivity index (χ0) is 15.6. The average molecular weight is 304 g/mol. The van der Waals surface area contributed by atoms with Crippen molar-refractivity contribution in [2.24, 2.45) is 0 Å². The largest absolute Gasteiger partial charge is 0.496 e. The number of rotatable bonds is 4. The Labute approximate surface area is 129 Å². The number of hydrogen-bond acceptors (Lipinski definition) is 3. The third kappa shape index (κ3) is 3.08. The topological polar surface area (TPSA) is 39.2 Å². The summed E-state index contributed by atoms with van der Waals surface area (Å²) in [5, 5.41) is 0.513. The predicted molar refractivity (Wildman–Crippen MR) is 84.5 cm³/mol. The van der Waals surface area contributed by atoms with Gasteiger partial charge in [-0.15, -0.1) is 0 Å². The summed E-state index contributed by atoms with van der Waals surface area (Å²) in [6.45, 7) is 5.73. The van der Waals surface area contributed by atoms with Crippen molar-refractivity contribution in [1.29, 1.82) is 0 Å². The maximum atomic E-state index is 12.5. The number of methoxy groups -OCH3 is 1. The molecule has 4 heteroatoms. The molecule has 0 saturated heterocycles. The standard InChI is InChI=1S/C17H18ClNO2/c1-10-6-5-7-13(16(10)18)15(20)8-14-12(3)17(21-4)11(2)9-19-14/h5-7,9H,8H2,1-4H3. The van der Waals surface area contributed by atoms with Gasteiger partial charge in [0.15, 0.2) is 5.78 Å². The van der Waals surface area contributed by atoms with Gasteiger partial charge in [0, 0.05) is 22.9 Å². The summed E-state index contributed by atoms with van der Waals surface area (Å²) in [6, 6.07) is 5.47. The van der Waals surface area contributed by atoms with Gasteiger partial charge in [-0.05, 0) is 32.4 Å². The van der Waals surface area contributed by atoms with Gasteiger partial charge >= 0.3 is 0 Å². The summed E-state index contributed by atoms with van der Waals surface area (Å²) in [6.07, 6.45) is 1.94. The zero-order valence-electron chi connectivity index (χ0n) is 12.7. The van der Waals surface area contributed by atoms with Gasteiger partial charge in [-0.3, -0.25) is 9.78 Å². The highest BCUT2D eigenvalue weighted by Crippen LogP contribution is 2.26. The van der Waals surface area contributed by atoms with Crippen molar-refractivity contribution in [2.75, 3.05) is 7.11 Å². The molecule has 1 aromatic heterocycles. The van der Waals surface area contributed by atoms with Crippen LogP contribution < -0.4 is 4.74 Å². The number of aryl methyl sites for hydroxylation is 2. The van der Waals surface area contributed by atoms with Crippen molar-refractivity contribution in [3.63, 3.8) is 0 Å². The van der Waals surface area contributed by atoms with Crippen LogP contribution in [0.5, 0.6) is 5.75 Å². The molecule has 0 aliphatic rings. The van der Waals surface area contributed by atoms with Crippen molar-refractivity contribution in [3.8, 4) is 5.75 Å². The highest BCUT2D eigenvalue weighted by molar-refractivity contribution is 6.34. The highest BCUT2D eigenvalue weighted by Gasteiger charge is 2.16. The summed E-state index contributed by atoms with van der Waals surface area (Å²) >= 11 is 6.21. The third-order valence-corrected chi connectivity index (χ3v) is 4.07. The Morgan fingerprint density at radius 2 is 1.95 bits per heavy atom. The molecule has 0 aliphatic carbocycles. The molecule has 3 nitrogen and oxygen atoms in total. The quantitative estimate of drug-likeness (QED) is 0.798. The Bertz CT molecular complexity index is 695. The van der Waals surface area contributed by atoms with Crippen molar-refractivity contribution in [1.82, 2.24) is 4.98 Å². The highest BCUT2D eigenvalue weighted by atomic mass is 35.5. The van der Waals surface area contributed by atoms with E-state index in [0.717, 1.165) is 28.1 Å². The van der Waals surface area contributed by atoms with E-state index in [1.54, 1.807) is 19.4 Å². The van der Waals surface area contributed by atoms with Crippen molar-refractivity contribution in [2.45, 2.75) is 27.2 Å². The molecule has 21 heavy (non-hydrogen) atoms. The normalized spacial score (nSPS) is 10.5. The Balaban J connectivity index is 2.34. The summed E-state index contributed by atoms with van der Waals surface area (Å²) in [5.41, 5.74) is 4.01. The number of halogens is 1. The van der Waals surface area contributed by atoms with Crippen LogP contribution in [-0.2, 0) is 6.42 Å². The molecule has 2 aromatic rings. The number of nitrogens with zero attached hydrogens (tertiary/aromatic N) is 1. The fourth-order valence-corrected chi connectivity index (χ4v) is 2.59. The molecule has 0 amide bonds. The maximum absolute atomic E-state index is 12.5. The minimum absolute atomic E-state index is 0.0368. The molecule has 0 fully saturated rings. The van der Waals surface area contributed by atoms with Crippen LogP contribution in [0.4, 0.5) is 0 Å². The number of carbonyl (C=O) groups is 1. The Morgan fingerprint density at radius 3 is 2.62 bits per heavy atom. The first kappa shape index (κ1) is 15.5. The lowest BCUT2D eigenvalue weighted by Crippen LogP contribution is -2.09. The van der Waals surface area contributed by atoms with Crippen molar-refractivity contribution in [3.05, 3.63) is 57.4 Å². The number of aromatic nitrogens is 1. The first-order chi connectivity index (χ1) is 9.95. The maximum Gasteiger partial charge on any atom is 0.170 e. The van der Waals surface area contributed by atoms with Gasteiger partial charge in [0.2, 0.25) is 0 Å². The van der Waals surface area contributed by atoms with Gasteiger partial charge in [0.1, 0.15) is 5.75 Å². The third-order valence-electron chi connectivity index (χ3n) is 3.57. The summed E-state index contributed by atoms with van der Waals surface area (Å²) in [5.74, 6) is 0.744. The van der Waals surface area contributed by atoms with Crippen LogP contribution in [0.2, 0.25) is 5.02 Å². The molecule has 110 valence electrons. The van der Waals surface area contributed by atoms with Gasteiger partial charge < -0.3 is 4.74 Å². The number of benzene rings is 1. The lowest BCUT2D eigenvalue weighted by atomic mass is 10.0. The van der Waals surface area contributed by atoms with E-state index in [-0.39, 0.29) is 12.2 Å². The van der Waals surface area contributed by atoms with E-state index in [9.17, 15) is 4.79 Å². The fourth-order valence-electron chi connectivity index (χ4n) is 2.36. The van der Waals surface area contributed by atoms with Crippen molar-refractivity contribution >= 4 is 17.4 Å². The number of ether oxygens (including phenoxy) is 1. The minimum atomic E-state index is -0.0368. The summed E-state index contributed by atoms with van der Waals surface area (Å²) in [7, 11) is 1.62. The van der Waals surface area contributed by atoms with Crippen LogP contribution in [0.1, 0.15) is 32.7 Å². The average Bonchev–Trinajstić information content (AvgIpc) is 2.45. The second-order valence-corrected chi connectivity index (χ2v) is 5.46. The second kappa shape index (κ2) is 6.27. The monoisotopic (exact) mass is 303 g/mol. The fraction of sp³-hybridized carbons (Fsp3) is 0.294. The summed E-state index contributed by atoms with van der Waals surface area (Å²) in [4.78, 5) is 16.8. The van der Waals surface area contributed by atoms with Crippen LogP contribution in [0.3, 0.4) is 0 Å². The van der Waals surface area contributed by atoms with E-state index in [2.05, 4.69) is 4.98 Å². The molecule has 0 spiro atoms. The van der Waals surface area contributed by atoms with E-state index in [1.807, 2.05) is 32.9 Å². The molecule has 0 N–H and O–H groups in total. The number of carbonyl (C=O) groups excluding carboxylic acids is 1. The number of Topliss-reactive ketones (excluding diaryl/α,β-unsaturated/α-hetero) is 1. The Hall–Kier alpha value is -1.87. The molecule has 1 heterocycles. The number of pyridine rings is 1. The molecule has 0 atom stereocenters. The Kier molecular flexibility index (Phi) is 4.63. The SMILES string of the molecule is COc1c(C)cnc(CC(=O)c2cccc(C)c2Cl)c1C. The lowest BCUT2D eigenvalue weighted by molar-refractivity contribution is 0.0991. The van der Waals surface area contributed by atoms with Gasteiger partial charge in [0.25, 0.3) is 0 Å².